The molecule has 168 valence electrons. The molecule has 0 aromatic carbocycles. The van der Waals surface area contributed by atoms with Gasteiger partial charge in [-0.25, -0.2) is 0 Å². The summed E-state index contributed by atoms with van der Waals surface area (Å²) < 4.78 is 5.79. The van der Waals surface area contributed by atoms with Crippen molar-refractivity contribution in [1.82, 2.24) is 5.16 Å². The smallest absolute Gasteiger partial charge is 0.127 e. The molecule has 0 radical (unpaired) electrons. The van der Waals surface area contributed by atoms with E-state index in [1.54, 1.807) is 0 Å². The van der Waals surface area contributed by atoms with Crippen LogP contribution in [0.4, 0.5) is 0 Å². The molecule has 0 saturated heterocycles. The van der Waals surface area contributed by atoms with E-state index in [2.05, 4.69) is 51.6 Å². The number of hydrogen-bond donors (Lipinski definition) is 1. The molecule has 1 aromatic heterocycles. The molecule has 3 nitrogen and oxygen atoms in total. The Morgan fingerprint density at radius 1 is 1.00 bits per heavy atom. The molecule has 1 aromatic rings. The Morgan fingerprint density at radius 3 is 2.43 bits per heavy atom. The van der Waals surface area contributed by atoms with E-state index in [-0.39, 0.29) is 5.41 Å². The third kappa shape index (κ3) is 2.81. The van der Waals surface area contributed by atoms with Gasteiger partial charge in [-0.3, -0.25) is 0 Å². The molecule has 1 heterocycles. The van der Waals surface area contributed by atoms with Crippen LogP contribution in [0, 0.1) is 40.4 Å². The average molecular weight is 430 g/mol. The number of aromatic nitrogens is 1. The van der Waals surface area contributed by atoms with Crippen LogP contribution < -0.4 is 5.38 Å². The Labute approximate surface area is 184 Å². The Bertz CT molecular complexity index is 814. The second-order valence-corrected chi connectivity index (χ2v) is 18.2. The van der Waals surface area contributed by atoms with Crippen LogP contribution in [0.25, 0.3) is 0 Å². The van der Waals surface area contributed by atoms with Crippen LogP contribution in [0.1, 0.15) is 84.3 Å². The average Bonchev–Trinajstić information content (AvgIpc) is 3.27. The van der Waals surface area contributed by atoms with E-state index in [9.17, 15) is 5.11 Å². The van der Waals surface area contributed by atoms with E-state index in [1.165, 1.54) is 38.5 Å². The highest BCUT2D eigenvalue weighted by molar-refractivity contribution is 6.87. The first kappa shape index (κ1) is 21.2. The number of hydrogen-bond acceptors (Lipinski definition) is 3. The first-order chi connectivity index (χ1) is 14.0. The summed E-state index contributed by atoms with van der Waals surface area (Å²) in [4.78, 5) is 0. The van der Waals surface area contributed by atoms with E-state index in [1.807, 2.05) is 0 Å². The second-order valence-electron chi connectivity index (χ2n) is 13.2. The van der Waals surface area contributed by atoms with Crippen molar-refractivity contribution in [3.63, 3.8) is 0 Å². The molecule has 3 unspecified atom stereocenters. The molecular formula is C26H43NO2Si. The molecule has 4 fully saturated rings. The summed E-state index contributed by atoms with van der Waals surface area (Å²) in [6, 6.07) is 2.12. The van der Waals surface area contributed by atoms with Crippen molar-refractivity contribution in [2.45, 2.75) is 104 Å². The molecule has 4 saturated carbocycles. The first-order valence-electron chi connectivity index (χ1n) is 12.7. The van der Waals surface area contributed by atoms with Gasteiger partial charge in [-0.05, 0) is 86.4 Å². The van der Waals surface area contributed by atoms with Crippen LogP contribution in [0.15, 0.2) is 10.6 Å². The molecule has 0 bridgehead atoms. The minimum atomic E-state index is -1.57. The Hall–Kier alpha value is -0.613. The SMILES string of the molecule is CC1CC[C@@]2(C)C(CC[C@@H]3[C@H]2CC[C@@]2(C)[C@H]3CCC2(O)c2cc([Si](C)(C)C)on2)C1. The van der Waals surface area contributed by atoms with Crippen molar-refractivity contribution in [2.24, 2.45) is 40.4 Å². The number of aliphatic hydroxyl groups is 1. The summed E-state index contributed by atoms with van der Waals surface area (Å²) in [5.41, 5.74) is 0.487. The summed E-state index contributed by atoms with van der Waals surface area (Å²) in [6.45, 7) is 14.4. The Morgan fingerprint density at radius 2 is 1.73 bits per heavy atom. The van der Waals surface area contributed by atoms with Gasteiger partial charge >= 0.3 is 0 Å². The van der Waals surface area contributed by atoms with E-state index in [0.717, 1.165) is 54.0 Å². The van der Waals surface area contributed by atoms with E-state index >= 15 is 0 Å². The van der Waals surface area contributed by atoms with Crippen molar-refractivity contribution in [3.8, 4) is 0 Å². The first-order valence-corrected chi connectivity index (χ1v) is 16.2. The molecule has 4 aliphatic rings. The monoisotopic (exact) mass is 429 g/mol. The maximum atomic E-state index is 12.1. The highest BCUT2D eigenvalue weighted by Crippen LogP contribution is 2.70. The van der Waals surface area contributed by atoms with Crippen LogP contribution in [0.5, 0.6) is 0 Å². The molecule has 4 heteroatoms. The van der Waals surface area contributed by atoms with Crippen molar-refractivity contribution < 1.29 is 9.63 Å². The van der Waals surface area contributed by atoms with Gasteiger partial charge in [0.25, 0.3) is 0 Å². The van der Waals surface area contributed by atoms with Gasteiger partial charge in [0.15, 0.2) is 0 Å². The number of rotatable bonds is 2. The van der Waals surface area contributed by atoms with E-state index in [4.69, 9.17) is 4.52 Å². The fourth-order valence-corrected chi connectivity index (χ4v) is 9.62. The topological polar surface area (TPSA) is 46.3 Å². The third-order valence-electron chi connectivity index (χ3n) is 10.8. The number of nitrogens with zero attached hydrogens (tertiary/aromatic N) is 1. The van der Waals surface area contributed by atoms with Gasteiger partial charge < -0.3 is 9.63 Å². The van der Waals surface area contributed by atoms with Crippen molar-refractivity contribution in [2.75, 3.05) is 0 Å². The summed E-state index contributed by atoms with van der Waals surface area (Å²) >= 11 is 0. The summed E-state index contributed by atoms with van der Waals surface area (Å²) in [6.07, 6.45) is 11.5. The van der Waals surface area contributed by atoms with Crippen molar-refractivity contribution >= 4 is 13.5 Å². The van der Waals surface area contributed by atoms with Crippen molar-refractivity contribution in [3.05, 3.63) is 11.8 Å². The molecular weight excluding hydrogens is 386 g/mol. The molecule has 0 amide bonds. The zero-order chi connectivity index (χ0) is 21.5. The van der Waals surface area contributed by atoms with Crippen molar-refractivity contribution in [1.29, 1.82) is 0 Å². The standard InChI is InChI=1S/C26H43NO2Si/c1-17-9-12-24(2)18(15-17)7-8-19-20(24)10-13-25(3)21(19)11-14-26(25,28)22-16-23(29-27-22)30(4,5)6/h16-21,28H,7-15H2,1-6H3/t17?,18?,19-,20-,21+,24+,25+,26?/m1/s1. The zero-order valence-electron chi connectivity index (χ0n) is 20.1. The minimum Gasteiger partial charge on any atom is -0.383 e. The lowest BCUT2D eigenvalue weighted by Crippen LogP contribution is -2.55. The highest BCUT2D eigenvalue weighted by Gasteiger charge is 2.65. The van der Waals surface area contributed by atoms with Gasteiger partial charge in [-0.15, -0.1) is 0 Å². The van der Waals surface area contributed by atoms with Gasteiger partial charge in [-0.2, -0.15) is 0 Å². The summed E-state index contributed by atoms with van der Waals surface area (Å²) in [7, 11) is -1.57. The van der Waals surface area contributed by atoms with Crippen LogP contribution >= 0.6 is 0 Å². The largest absolute Gasteiger partial charge is 0.383 e. The zero-order valence-corrected chi connectivity index (χ0v) is 21.1. The fourth-order valence-electron chi connectivity index (χ4n) is 8.73. The third-order valence-corrected chi connectivity index (χ3v) is 12.5. The lowest BCUT2D eigenvalue weighted by molar-refractivity contribution is -0.159. The normalized spacial score (nSPS) is 48.7. The maximum absolute atomic E-state index is 12.1. The van der Waals surface area contributed by atoms with Gasteiger partial charge in [0.2, 0.25) is 0 Å². The lowest BCUT2D eigenvalue weighted by atomic mass is 9.44. The van der Waals surface area contributed by atoms with Gasteiger partial charge in [-0.1, -0.05) is 52.0 Å². The molecule has 30 heavy (non-hydrogen) atoms. The summed E-state index contributed by atoms with van der Waals surface area (Å²) in [5, 5.41) is 17.6. The molecule has 5 rings (SSSR count). The molecule has 0 aliphatic heterocycles. The number of fused-ring (bicyclic) bond motifs is 5. The maximum Gasteiger partial charge on any atom is 0.127 e. The minimum absolute atomic E-state index is 0.0626. The van der Waals surface area contributed by atoms with E-state index < -0.39 is 13.7 Å². The quantitative estimate of drug-likeness (QED) is 0.579. The van der Waals surface area contributed by atoms with Gasteiger partial charge in [0, 0.05) is 11.5 Å². The summed E-state index contributed by atoms with van der Waals surface area (Å²) in [5.74, 6) is 4.12. The van der Waals surface area contributed by atoms with Crippen LogP contribution in [-0.2, 0) is 5.60 Å². The second kappa shape index (κ2) is 6.70. The molecule has 1 N–H and O–H groups in total. The fraction of sp³-hybridized carbons (Fsp3) is 0.885. The Kier molecular flexibility index (Phi) is 4.74. The molecule has 4 aliphatic carbocycles. The predicted molar refractivity (Wildman–Crippen MR) is 124 cm³/mol. The predicted octanol–water partition coefficient (Wildman–Crippen LogP) is 6.09. The Balaban J connectivity index is 1.45. The molecule has 0 spiro atoms. The van der Waals surface area contributed by atoms with Crippen LogP contribution in [-0.4, -0.2) is 18.3 Å². The van der Waals surface area contributed by atoms with Crippen LogP contribution in [0.2, 0.25) is 19.6 Å². The molecule has 8 atom stereocenters. The van der Waals surface area contributed by atoms with Crippen LogP contribution in [0.3, 0.4) is 0 Å². The van der Waals surface area contributed by atoms with E-state index in [0.29, 0.717) is 11.3 Å². The van der Waals surface area contributed by atoms with Gasteiger partial charge in [0.05, 0.1) is 0 Å². The van der Waals surface area contributed by atoms with Gasteiger partial charge in [0.1, 0.15) is 24.8 Å². The highest BCUT2D eigenvalue weighted by atomic mass is 28.3. The lowest BCUT2D eigenvalue weighted by Gasteiger charge is -2.61.